The molecule has 1 aromatic rings. The van der Waals surface area contributed by atoms with Crippen LogP contribution in [0.5, 0.6) is 0 Å². The van der Waals surface area contributed by atoms with E-state index in [4.69, 9.17) is 0 Å². The number of hydrogen-bond acceptors (Lipinski definition) is 5. The Bertz CT molecular complexity index is 396. The van der Waals surface area contributed by atoms with Crippen LogP contribution in [0.15, 0.2) is 10.8 Å². The number of aromatic nitrogens is 2. The molecule has 1 aliphatic rings. The van der Waals surface area contributed by atoms with E-state index in [9.17, 15) is 5.11 Å². The molecule has 0 spiro atoms. The van der Waals surface area contributed by atoms with Gasteiger partial charge in [0.25, 0.3) is 0 Å². The quantitative estimate of drug-likeness (QED) is 0.870. The topological polar surface area (TPSA) is 61.3 Å². The zero-order chi connectivity index (χ0) is 13.0. The molecule has 1 fully saturated rings. The van der Waals surface area contributed by atoms with E-state index < -0.39 is 0 Å². The number of hydrogen-bond donors (Lipinski definition) is 2. The third-order valence-corrected chi connectivity index (χ3v) is 4.12. The highest BCUT2D eigenvalue weighted by Gasteiger charge is 2.25. The highest BCUT2D eigenvalue weighted by atomic mass is 79.9. The van der Waals surface area contributed by atoms with Crippen molar-refractivity contribution in [3.63, 3.8) is 0 Å². The Balaban J connectivity index is 2.29. The van der Waals surface area contributed by atoms with Gasteiger partial charge in [0.1, 0.15) is 22.4 Å². The lowest BCUT2D eigenvalue weighted by molar-refractivity contribution is 0.296. The van der Waals surface area contributed by atoms with Gasteiger partial charge in [-0.05, 0) is 28.8 Å². The van der Waals surface area contributed by atoms with Crippen molar-refractivity contribution in [3.05, 3.63) is 10.8 Å². The Labute approximate surface area is 116 Å². The Morgan fingerprint density at radius 1 is 1.44 bits per heavy atom. The van der Waals surface area contributed by atoms with Crippen molar-refractivity contribution in [3.8, 4) is 0 Å². The van der Waals surface area contributed by atoms with E-state index in [2.05, 4.69) is 36.1 Å². The first-order chi connectivity index (χ1) is 8.77. The largest absolute Gasteiger partial charge is 0.395 e. The summed E-state index contributed by atoms with van der Waals surface area (Å²) in [6.07, 6.45) is 6.42. The van der Waals surface area contributed by atoms with Crippen LogP contribution in [0.3, 0.4) is 0 Å². The van der Waals surface area contributed by atoms with Crippen LogP contribution < -0.4 is 10.2 Å². The van der Waals surface area contributed by atoms with Crippen LogP contribution in [-0.4, -0.2) is 41.3 Å². The average Bonchev–Trinajstić information content (AvgIpc) is 2.90. The molecule has 0 bridgehead atoms. The molecule has 0 unspecified atom stereocenters. The monoisotopic (exact) mass is 314 g/mol. The van der Waals surface area contributed by atoms with Crippen LogP contribution in [0.1, 0.15) is 25.7 Å². The molecule has 5 nitrogen and oxygen atoms in total. The summed E-state index contributed by atoms with van der Waals surface area (Å²) in [4.78, 5) is 10.7. The molecule has 0 aromatic carbocycles. The van der Waals surface area contributed by atoms with Crippen LogP contribution >= 0.6 is 15.9 Å². The van der Waals surface area contributed by atoms with Gasteiger partial charge in [-0.25, -0.2) is 9.97 Å². The average molecular weight is 315 g/mol. The highest BCUT2D eigenvalue weighted by molar-refractivity contribution is 9.10. The Morgan fingerprint density at radius 2 is 2.17 bits per heavy atom. The minimum absolute atomic E-state index is 0.141. The summed E-state index contributed by atoms with van der Waals surface area (Å²) in [5.41, 5.74) is 0. The summed E-state index contributed by atoms with van der Waals surface area (Å²) in [7, 11) is 1.84. The zero-order valence-corrected chi connectivity index (χ0v) is 12.2. The van der Waals surface area contributed by atoms with Crippen molar-refractivity contribution >= 4 is 27.6 Å². The maximum Gasteiger partial charge on any atom is 0.148 e. The third kappa shape index (κ3) is 2.75. The molecule has 0 amide bonds. The first kappa shape index (κ1) is 13.5. The van der Waals surface area contributed by atoms with E-state index >= 15 is 0 Å². The van der Waals surface area contributed by atoms with Gasteiger partial charge in [-0.15, -0.1) is 0 Å². The lowest BCUT2D eigenvalue weighted by Gasteiger charge is -2.30. The molecule has 1 saturated carbocycles. The molecule has 100 valence electrons. The van der Waals surface area contributed by atoms with Crippen molar-refractivity contribution < 1.29 is 5.11 Å². The van der Waals surface area contributed by atoms with Crippen LogP contribution in [-0.2, 0) is 0 Å². The summed E-state index contributed by atoms with van der Waals surface area (Å²) in [5, 5.41) is 12.3. The van der Waals surface area contributed by atoms with Crippen molar-refractivity contribution in [1.82, 2.24) is 9.97 Å². The van der Waals surface area contributed by atoms with Crippen LogP contribution in [0.2, 0.25) is 0 Å². The number of anilines is 2. The maximum atomic E-state index is 9.26. The number of rotatable bonds is 5. The van der Waals surface area contributed by atoms with Gasteiger partial charge in [0, 0.05) is 19.6 Å². The van der Waals surface area contributed by atoms with Gasteiger partial charge in [0.05, 0.1) is 6.61 Å². The molecule has 0 radical (unpaired) electrons. The van der Waals surface area contributed by atoms with Gasteiger partial charge in [-0.2, -0.15) is 0 Å². The summed E-state index contributed by atoms with van der Waals surface area (Å²) >= 11 is 3.55. The molecule has 0 atom stereocenters. The molecule has 1 heterocycles. The fraction of sp³-hybridized carbons (Fsp3) is 0.667. The minimum atomic E-state index is 0.141. The minimum Gasteiger partial charge on any atom is -0.395 e. The summed E-state index contributed by atoms with van der Waals surface area (Å²) in [6, 6.07) is 0.480. The molecule has 1 aromatic heterocycles. The lowest BCUT2D eigenvalue weighted by atomic mass is 10.2. The van der Waals surface area contributed by atoms with E-state index in [1.54, 1.807) is 6.33 Å². The van der Waals surface area contributed by atoms with Gasteiger partial charge in [-0.3, -0.25) is 0 Å². The van der Waals surface area contributed by atoms with E-state index in [0.29, 0.717) is 12.6 Å². The van der Waals surface area contributed by atoms with Crippen molar-refractivity contribution in [2.75, 3.05) is 30.4 Å². The summed E-state index contributed by atoms with van der Waals surface area (Å²) in [6.45, 7) is 0.755. The highest BCUT2D eigenvalue weighted by Crippen LogP contribution is 2.34. The van der Waals surface area contributed by atoms with Crippen LogP contribution in [0.25, 0.3) is 0 Å². The smallest absolute Gasteiger partial charge is 0.148 e. The second kappa shape index (κ2) is 6.33. The standard InChI is InChI=1S/C12H19BrN4O/c1-14-11-10(13)12(16-8-15-11)17(6-7-18)9-4-2-3-5-9/h8-9,18H,2-7H2,1H3,(H,14,15,16). The van der Waals surface area contributed by atoms with Crippen molar-refractivity contribution in [2.45, 2.75) is 31.7 Å². The van der Waals surface area contributed by atoms with E-state index in [0.717, 1.165) is 16.1 Å². The molecule has 2 N–H and O–H groups in total. The zero-order valence-electron chi connectivity index (χ0n) is 10.6. The molecule has 1 aliphatic carbocycles. The van der Waals surface area contributed by atoms with Gasteiger partial charge >= 0.3 is 0 Å². The van der Waals surface area contributed by atoms with E-state index in [1.807, 2.05) is 7.05 Å². The number of halogens is 1. The second-order valence-corrected chi connectivity index (χ2v) is 5.26. The van der Waals surface area contributed by atoms with Crippen LogP contribution in [0.4, 0.5) is 11.6 Å². The second-order valence-electron chi connectivity index (χ2n) is 4.47. The fourth-order valence-corrected chi connectivity index (χ4v) is 3.15. The SMILES string of the molecule is CNc1ncnc(N(CCO)C2CCCC2)c1Br. The lowest BCUT2D eigenvalue weighted by Crippen LogP contribution is -2.36. The Hall–Kier alpha value is -0.880. The fourth-order valence-electron chi connectivity index (χ4n) is 2.52. The molecule has 18 heavy (non-hydrogen) atoms. The van der Waals surface area contributed by atoms with E-state index in [-0.39, 0.29) is 6.61 Å². The summed E-state index contributed by atoms with van der Waals surface area (Å²) < 4.78 is 0.868. The third-order valence-electron chi connectivity index (χ3n) is 3.39. The van der Waals surface area contributed by atoms with Crippen molar-refractivity contribution in [2.24, 2.45) is 0 Å². The number of nitrogens with one attached hydrogen (secondary N) is 1. The molecular weight excluding hydrogens is 296 g/mol. The molecule has 0 aliphatic heterocycles. The van der Waals surface area contributed by atoms with Crippen molar-refractivity contribution in [1.29, 1.82) is 0 Å². The summed E-state index contributed by atoms with van der Waals surface area (Å²) in [5.74, 6) is 1.65. The first-order valence-electron chi connectivity index (χ1n) is 6.33. The van der Waals surface area contributed by atoms with Gasteiger partial charge in [-0.1, -0.05) is 12.8 Å². The normalized spacial score (nSPS) is 15.9. The number of aliphatic hydroxyl groups is 1. The molecule has 2 rings (SSSR count). The maximum absolute atomic E-state index is 9.26. The van der Waals surface area contributed by atoms with Gasteiger partial charge in [0.15, 0.2) is 0 Å². The first-order valence-corrected chi connectivity index (χ1v) is 7.13. The number of aliphatic hydroxyl groups excluding tert-OH is 1. The predicted molar refractivity (Wildman–Crippen MR) is 76.0 cm³/mol. The Kier molecular flexibility index (Phi) is 4.77. The van der Waals surface area contributed by atoms with E-state index in [1.165, 1.54) is 25.7 Å². The molecule has 0 saturated heterocycles. The predicted octanol–water partition coefficient (Wildman–Crippen LogP) is 2.02. The molecule has 6 heteroatoms. The molecular formula is C12H19BrN4O. The van der Waals surface area contributed by atoms with Crippen LogP contribution in [0, 0.1) is 0 Å². The Morgan fingerprint density at radius 3 is 2.78 bits per heavy atom. The van der Waals surface area contributed by atoms with Gasteiger partial charge < -0.3 is 15.3 Å². The number of nitrogens with zero attached hydrogens (tertiary/aromatic N) is 3. The van der Waals surface area contributed by atoms with Gasteiger partial charge in [0.2, 0.25) is 0 Å².